The zero-order valence-electron chi connectivity index (χ0n) is 19.1. The van der Waals surface area contributed by atoms with Crippen LogP contribution >= 0.6 is 0 Å². The third kappa shape index (κ3) is 3.57. The average molecular weight is 441 g/mol. The lowest BCUT2D eigenvalue weighted by atomic mass is 9.45. The molecule has 6 atom stereocenters. The number of hydrazone groups is 1. The normalized spacial score (nSPS) is 40.8. The lowest BCUT2D eigenvalue weighted by molar-refractivity contribution is -0.0853. The van der Waals surface area contributed by atoms with E-state index in [0.29, 0.717) is 16.7 Å². The molecule has 1 aromatic rings. The molecule has 0 bridgehead atoms. The predicted octanol–water partition coefficient (Wildman–Crippen LogP) is 5.84. The summed E-state index contributed by atoms with van der Waals surface area (Å²) in [4.78, 5) is 2.79. The number of aryl methyl sites for hydroxylation is 1. The minimum absolute atomic E-state index is 0.277. The molecule has 0 aliphatic heterocycles. The predicted molar refractivity (Wildman–Crippen MR) is 125 cm³/mol. The first-order valence-corrected chi connectivity index (χ1v) is 13.5. The van der Waals surface area contributed by atoms with Crippen LogP contribution < -0.4 is 4.83 Å². The van der Waals surface area contributed by atoms with Crippen molar-refractivity contribution < 1.29 is 8.42 Å². The van der Waals surface area contributed by atoms with Crippen molar-refractivity contribution in [3.8, 4) is 0 Å². The van der Waals surface area contributed by atoms with Crippen LogP contribution in [0.5, 0.6) is 0 Å². The molecule has 31 heavy (non-hydrogen) atoms. The maximum Gasteiger partial charge on any atom is 0.276 e. The quantitative estimate of drug-likeness (QED) is 0.474. The van der Waals surface area contributed by atoms with Crippen LogP contribution in [-0.2, 0) is 10.0 Å². The Labute approximate surface area is 187 Å². The van der Waals surface area contributed by atoms with E-state index in [1.54, 1.807) is 12.1 Å². The van der Waals surface area contributed by atoms with Crippen LogP contribution in [0.4, 0.5) is 0 Å². The minimum atomic E-state index is -3.60. The molecule has 1 N–H and O–H groups in total. The lowest BCUT2D eigenvalue weighted by Gasteiger charge is -2.59. The first kappa shape index (κ1) is 21.2. The zero-order chi connectivity index (χ0) is 21.9. The standard InChI is InChI=1S/C26H36N2O2S/c1-18-6-9-21(10-7-18)31(29,30)28-27-20-12-16-26(3)19(17-20)8-11-22-23-5-4-14-25(23,2)15-13-24(22)26/h4,6-7,9-10,14,19,22-24,28H,5,8,11-13,15-17H2,1-3H3/b27-20-/t19-,22-,23-,24-,25-,26-/m0/s1. The van der Waals surface area contributed by atoms with Gasteiger partial charge in [0.05, 0.1) is 4.90 Å². The lowest BCUT2D eigenvalue weighted by Crippen LogP contribution is -2.52. The van der Waals surface area contributed by atoms with Crippen molar-refractivity contribution in [1.82, 2.24) is 4.83 Å². The summed E-state index contributed by atoms with van der Waals surface area (Å²) in [7, 11) is -3.60. The van der Waals surface area contributed by atoms with Gasteiger partial charge in [0.25, 0.3) is 10.0 Å². The Bertz CT molecular complexity index is 1010. The topological polar surface area (TPSA) is 58.5 Å². The summed E-state index contributed by atoms with van der Waals surface area (Å²) < 4.78 is 25.3. The molecule has 3 saturated carbocycles. The molecule has 0 saturated heterocycles. The van der Waals surface area contributed by atoms with Crippen LogP contribution in [-0.4, -0.2) is 14.1 Å². The molecule has 0 unspecified atom stereocenters. The van der Waals surface area contributed by atoms with Gasteiger partial charge in [-0.25, -0.2) is 4.83 Å². The molecular formula is C26H36N2O2S. The Morgan fingerprint density at radius 1 is 1.03 bits per heavy atom. The van der Waals surface area contributed by atoms with E-state index in [4.69, 9.17) is 0 Å². The van der Waals surface area contributed by atoms with Crippen molar-refractivity contribution in [3.05, 3.63) is 42.0 Å². The Kier molecular flexibility index (Phi) is 5.12. The molecule has 0 spiro atoms. The number of fused-ring (bicyclic) bond motifs is 5. The number of hydrogen-bond acceptors (Lipinski definition) is 3. The van der Waals surface area contributed by atoms with E-state index in [-0.39, 0.29) is 4.90 Å². The molecule has 0 heterocycles. The fraction of sp³-hybridized carbons (Fsp3) is 0.654. The highest BCUT2D eigenvalue weighted by atomic mass is 32.2. The maximum absolute atomic E-state index is 12.6. The van der Waals surface area contributed by atoms with Crippen LogP contribution in [0.3, 0.4) is 0 Å². The molecule has 3 fully saturated rings. The second-order valence-electron chi connectivity index (χ2n) is 11.1. The van der Waals surface area contributed by atoms with Gasteiger partial charge in [-0.05, 0) is 105 Å². The van der Waals surface area contributed by atoms with Gasteiger partial charge in [0.15, 0.2) is 0 Å². The average Bonchev–Trinajstić information content (AvgIpc) is 3.14. The summed E-state index contributed by atoms with van der Waals surface area (Å²) in [6.07, 6.45) is 14.5. The monoisotopic (exact) mass is 440 g/mol. The molecule has 4 aliphatic carbocycles. The molecule has 0 aromatic heterocycles. The first-order chi connectivity index (χ1) is 14.7. The summed E-state index contributed by atoms with van der Waals surface area (Å²) in [6, 6.07) is 6.93. The molecule has 4 nitrogen and oxygen atoms in total. The molecular weight excluding hydrogens is 404 g/mol. The molecule has 0 radical (unpaired) electrons. The highest BCUT2D eigenvalue weighted by molar-refractivity contribution is 7.89. The number of nitrogens with zero attached hydrogens (tertiary/aromatic N) is 1. The van der Waals surface area contributed by atoms with Gasteiger partial charge in [0.1, 0.15) is 0 Å². The smallest absolute Gasteiger partial charge is 0.200 e. The van der Waals surface area contributed by atoms with E-state index in [0.717, 1.165) is 48.3 Å². The van der Waals surface area contributed by atoms with Crippen LogP contribution in [0.2, 0.25) is 0 Å². The van der Waals surface area contributed by atoms with Gasteiger partial charge >= 0.3 is 0 Å². The second kappa shape index (κ2) is 7.47. The highest BCUT2D eigenvalue weighted by Gasteiger charge is 2.56. The zero-order valence-corrected chi connectivity index (χ0v) is 19.9. The third-order valence-corrected chi connectivity index (χ3v) is 10.7. The van der Waals surface area contributed by atoms with Gasteiger partial charge in [0, 0.05) is 5.71 Å². The van der Waals surface area contributed by atoms with Crippen LogP contribution in [0.1, 0.15) is 70.8 Å². The molecule has 4 aliphatic rings. The van der Waals surface area contributed by atoms with Crippen molar-refractivity contribution in [2.75, 3.05) is 0 Å². The first-order valence-electron chi connectivity index (χ1n) is 12.0. The Hall–Kier alpha value is -1.62. The number of allylic oxidation sites excluding steroid dienone is 2. The third-order valence-electron chi connectivity index (χ3n) is 9.48. The van der Waals surface area contributed by atoms with E-state index < -0.39 is 10.0 Å². The molecule has 0 amide bonds. The Morgan fingerprint density at radius 2 is 1.81 bits per heavy atom. The fourth-order valence-electron chi connectivity index (χ4n) is 7.54. The number of benzene rings is 1. The Morgan fingerprint density at radius 3 is 2.58 bits per heavy atom. The molecule has 5 heteroatoms. The largest absolute Gasteiger partial charge is 0.276 e. The summed E-state index contributed by atoms with van der Waals surface area (Å²) in [6.45, 7) is 6.97. The van der Waals surface area contributed by atoms with Crippen molar-refractivity contribution in [2.45, 2.75) is 77.0 Å². The molecule has 1 aromatic carbocycles. The van der Waals surface area contributed by atoms with Gasteiger partial charge in [-0.2, -0.15) is 13.5 Å². The Balaban J connectivity index is 1.29. The van der Waals surface area contributed by atoms with Gasteiger partial charge in [-0.1, -0.05) is 43.7 Å². The van der Waals surface area contributed by atoms with E-state index >= 15 is 0 Å². The van der Waals surface area contributed by atoms with E-state index in [1.807, 2.05) is 19.1 Å². The maximum atomic E-state index is 12.6. The summed E-state index contributed by atoms with van der Waals surface area (Å²) in [5.41, 5.74) is 2.88. The number of rotatable bonds is 3. The van der Waals surface area contributed by atoms with Crippen LogP contribution in [0, 0.1) is 41.4 Å². The van der Waals surface area contributed by atoms with E-state index in [1.165, 1.54) is 32.1 Å². The van der Waals surface area contributed by atoms with E-state index in [9.17, 15) is 8.42 Å². The summed E-state index contributed by atoms with van der Waals surface area (Å²) >= 11 is 0. The number of nitrogens with one attached hydrogen (secondary N) is 1. The van der Waals surface area contributed by atoms with Crippen molar-refractivity contribution in [2.24, 2.45) is 39.6 Å². The number of sulfonamides is 1. The van der Waals surface area contributed by atoms with Crippen molar-refractivity contribution >= 4 is 15.7 Å². The SMILES string of the molecule is Cc1ccc(S(=O)(=O)N/N=C2/CC[C@@]3(C)[C@@H](CC[C@@H]4[C@@H]3CC[C@]3(C)C=CC[C@@H]43)C2)cc1. The summed E-state index contributed by atoms with van der Waals surface area (Å²) in [5, 5.41) is 4.41. The molecule has 168 valence electrons. The van der Waals surface area contributed by atoms with Gasteiger partial charge < -0.3 is 0 Å². The van der Waals surface area contributed by atoms with Crippen molar-refractivity contribution in [3.63, 3.8) is 0 Å². The fourth-order valence-corrected chi connectivity index (χ4v) is 8.39. The van der Waals surface area contributed by atoms with Gasteiger partial charge in [0.2, 0.25) is 0 Å². The van der Waals surface area contributed by atoms with Gasteiger partial charge in [-0.3, -0.25) is 0 Å². The van der Waals surface area contributed by atoms with Gasteiger partial charge in [-0.15, -0.1) is 0 Å². The van der Waals surface area contributed by atoms with E-state index in [2.05, 4.69) is 35.9 Å². The minimum Gasteiger partial charge on any atom is -0.200 e. The number of hydrogen-bond donors (Lipinski definition) is 1. The van der Waals surface area contributed by atoms with Crippen LogP contribution in [0.25, 0.3) is 0 Å². The summed E-state index contributed by atoms with van der Waals surface area (Å²) in [5.74, 6) is 3.13. The second-order valence-corrected chi connectivity index (χ2v) is 12.8. The van der Waals surface area contributed by atoms with Crippen LogP contribution in [0.15, 0.2) is 46.4 Å². The molecule has 5 rings (SSSR count). The van der Waals surface area contributed by atoms with Crippen molar-refractivity contribution in [1.29, 1.82) is 0 Å². The highest BCUT2D eigenvalue weighted by Crippen LogP contribution is 2.64.